The summed E-state index contributed by atoms with van der Waals surface area (Å²) in [5, 5.41) is 70.3. The number of hydrogen-bond acceptors (Lipinski definition) is 16. The third-order valence-corrected chi connectivity index (χ3v) is 12.2. The summed E-state index contributed by atoms with van der Waals surface area (Å²) in [6.45, 7) is 5.33. The summed E-state index contributed by atoms with van der Waals surface area (Å²) < 4.78 is 0. The molecule has 1 fully saturated rings. The average Bonchev–Trinajstić information content (AvgIpc) is 3.32. The van der Waals surface area contributed by atoms with Gasteiger partial charge in [0.1, 0.15) is 11.8 Å². The van der Waals surface area contributed by atoms with Crippen LogP contribution in [0.1, 0.15) is 89.5 Å². The summed E-state index contributed by atoms with van der Waals surface area (Å²) >= 11 is 5.51. The molecule has 0 bridgehead atoms. The molecule has 0 saturated carbocycles. The fourth-order valence-corrected chi connectivity index (χ4v) is 8.35. The van der Waals surface area contributed by atoms with Crippen molar-refractivity contribution >= 4 is 82.7 Å². The normalized spacial score (nSPS) is 15.4. The van der Waals surface area contributed by atoms with Gasteiger partial charge in [-0.15, -0.1) is 0 Å². The third-order valence-electron chi connectivity index (χ3n) is 12.0. The molecule has 0 aromatic heterocycles. The van der Waals surface area contributed by atoms with Crippen molar-refractivity contribution in [3.05, 3.63) is 29.8 Å². The van der Waals surface area contributed by atoms with Crippen molar-refractivity contribution in [2.45, 2.75) is 102 Å². The second kappa shape index (κ2) is 41.7. The Balaban J connectivity index is 0.0000137. The molecule has 1 saturated heterocycles. The Morgan fingerprint density at radius 1 is 0.632 bits per heavy atom. The predicted octanol–water partition coefficient (Wildman–Crippen LogP) is 0.700. The van der Waals surface area contributed by atoms with Gasteiger partial charge in [0, 0.05) is 146 Å². The van der Waals surface area contributed by atoms with E-state index in [0.29, 0.717) is 103 Å². The van der Waals surface area contributed by atoms with Gasteiger partial charge in [-0.2, -0.15) is 9.59 Å². The molecule has 26 nitrogen and oxygen atoms in total. The fourth-order valence-electron chi connectivity index (χ4n) is 8.13. The van der Waals surface area contributed by atoms with E-state index in [4.69, 9.17) is 26.9 Å². The second-order valence-electron chi connectivity index (χ2n) is 17.9. The maximum Gasteiger partial charge on any atom is 0.373 e. The standard InChI is InChI=1S/C47H75N9O15S.CO2.Lu/c1-2-56-26-25-54(31-42(64)65)22-21-53(30-41(62)63)23-24-55(32-43(66)67)29-36(56)27-33-12-15-35(16-13-33)51-47(72)50-19-6-3-4-9-37(57)28-34(14-17-40(60)61)44(68)48-18-7-5-10-38(45(69)70)52-46(71)49-20-8-11-39(58)59;2-1-3;/h12-13,15-16,34,36,38H,2-11,14,17-32H2,1H3,(H,48,68)(H,58,59)(H,60,61)(H,62,63)(H,64,65)(H,66,67)(H,69,70)(H2,49,52,71)(H2,50,51,72);;/t34-,36?,38+;;/m1../s1. The molecule has 3 atom stereocenters. The van der Waals surface area contributed by atoms with Gasteiger partial charge in [0.15, 0.2) is 5.11 Å². The molecule has 76 heavy (non-hydrogen) atoms. The zero-order valence-electron chi connectivity index (χ0n) is 42.8. The molecule has 435 valence electrons. The van der Waals surface area contributed by atoms with Crippen molar-refractivity contribution in [2.75, 3.05) is 96.9 Å². The van der Waals surface area contributed by atoms with Crippen LogP contribution in [0.2, 0.25) is 0 Å². The molecule has 1 aliphatic heterocycles. The number of thiocarbonyl (C=S) groups is 1. The first kappa shape index (κ1) is 70.6. The molecule has 3 amide bonds. The Morgan fingerprint density at radius 3 is 1.71 bits per heavy atom. The Kier molecular flexibility index (Phi) is 38.8. The number of carbonyl (C=O) groups is 9. The number of anilines is 1. The van der Waals surface area contributed by atoms with Crippen molar-refractivity contribution in [1.29, 1.82) is 0 Å². The molecule has 1 aromatic rings. The zero-order valence-corrected chi connectivity index (χ0v) is 45.2. The van der Waals surface area contributed by atoms with Gasteiger partial charge in [-0.3, -0.25) is 53.2 Å². The van der Waals surface area contributed by atoms with Crippen LogP contribution in [0, 0.1) is 42.8 Å². The Labute approximate surface area is 476 Å². The van der Waals surface area contributed by atoms with Crippen LogP contribution in [0.5, 0.6) is 0 Å². The molecule has 28 heteroatoms. The number of carbonyl (C=O) groups excluding carboxylic acids is 5. The van der Waals surface area contributed by atoms with Crippen LogP contribution in [0.25, 0.3) is 0 Å². The van der Waals surface area contributed by atoms with Crippen LogP contribution >= 0.6 is 12.2 Å². The maximum absolute atomic E-state index is 13.0. The molecule has 0 aliphatic carbocycles. The van der Waals surface area contributed by atoms with Crippen LogP contribution < -0.4 is 26.6 Å². The van der Waals surface area contributed by atoms with E-state index in [9.17, 15) is 68.7 Å². The number of carboxylic acid groups (broad SMARTS) is 6. The van der Waals surface area contributed by atoms with Gasteiger partial charge in [0.25, 0.3) is 0 Å². The number of Topliss-reactive ketones (excluding diaryl/α,β-unsaturated/α-hetero) is 1. The molecular formula is C48H75LuN9O17S. The zero-order chi connectivity index (χ0) is 56.1. The van der Waals surface area contributed by atoms with E-state index in [0.717, 1.165) is 11.3 Å². The number of rotatable bonds is 33. The van der Waals surface area contributed by atoms with Crippen molar-refractivity contribution in [3.63, 3.8) is 0 Å². The molecule has 1 aliphatic rings. The summed E-state index contributed by atoms with van der Waals surface area (Å²) in [7, 11) is 0. The fraction of sp³-hybridized carbons (Fsp3) is 0.646. The van der Waals surface area contributed by atoms with Gasteiger partial charge in [-0.1, -0.05) is 25.5 Å². The second-order valence-corrected chi connectivity index (χ2v) is 18.3. The molecular weight excluding hydrogens is 1180 g/mol. The van der Waals surface area contributed by atoms with E-state index in [-0.39, 0.29) is 133 Å². The first-order valence-electron chi connectivity index (χ1n) is 24.9. The molecule has 2 rings (SSSR count). The number of benzene rings is 1. The average molecular weight is 1260 g/mol. The van der Waals surface area contributed by atoms with Crippen LogP contribution in [0.4, 0.5) is 10.5 Å². The number of urea groups is 1. The van der Waals surface area contributed by atoms with Crippen molar-refractivity contribution in [3.8, 4) is 0 Å². The summed E-state index contributed by atoms with van der Waals surface area (Å²) in [6, 6.07) is 5.58. The first-order valence-corrected chi connectivity index (χ1v) is 25.3. The van der Waals surface area contributed by atoms with Crippen LogP contribution in [0.15, 0.2) is 24.3 Å². The van der Waals surface area contributed by atoms with Gasteiger partial charge in [0.2, 0.25) is 5.91 Å². The van der Waals surface area contributed by atoms with Gasteiger partial charge in [0.05, 0.1) is 19.6 Å². The monoisotopic (exact) mass is 1260 g/mol. The van der Waals surface area contributed by atoms with Gasteiger partial charge < -0.3 is 57.2 Å². The third kappa shape index (κ3) is 35.0. The number of amides is 3. The largest absolute Gasteiger partial charge is 0.481 e. The van der Waals surface area contributed by atoms with E-state index in [2.05, 4.69) is 31.5 Å². The number of likely N-dealkylation sites (N-methyl/N-ethyl adjacent to an activating group) is 1. The number of hydrogen-bond donors (Lipinski definition) is 11. The minimum Gasteiger partial charge on any atom is -0.481 e. The molecule has 1 aromatic carbocycles. The number of unbranched alkanes of at least 4 members (excludes halogenated alkanes) is 3. The maximum atomic E-state index is 13.0. The van der Waals surface area contributed by atoms with Crippen molar-refractivity contribution in [1.82, 2.24) is 40.9 Å². The minimum absolute atomic E-state index is 0. The van der Waals surface area contributed by atoms with Crippen molar-refractivity contribution < 1.29 is 120 Å². The molecule has 1 radical (unpaired) electrons. The van der Waals surface area contributed by atoms with E-state index < -0.39 is 59.7 Å². The first-order chi connectivity index (χ1) is 35.6. The summed E-state index contributed by atoms with van der Waals surface area (Å²) in [5.74, 6) is -7.88. The van der Waals surface area contributed by atoms with Gasteiger partial charge in [-0.25, -0.2) is 9.59 Å². The number of ketones is 1. The Hall–Kier alpha value is -5.41. The SMILES string of the molecule is CCN1CCN(CC(=O)O)CCN(CC(=O)O)CCN(CC(=O)O)CC1Cc1ccc(NC(=S)NCCCCCC(=O)C[C@@H](CCC(=O)O)C(=O)NCCCC[C@H](NC(=O)NCCCC(=O)O)C(=O)O)cc1.O=C=O.[Lu]. The van der Waals surface area contributed by atoms with E-state index in [1.54, 1.807) is 9.80 Å². The van der Waals surface area contributed by atoms with Crippen molar-refractivity contribution in [2.24, 2.45) is 5.92 Å². The summed E-state index contributed by atoms with van der Waals surface area (Å²) in [6.07, 6.45) is 3.23. The Bertz CT molecular complexity index is 2030. The summed E-state index contributed by atoms with van der Waals surface area (Å²) in [4.78, 5) is 130. The number of carboxylic acids is 6. The molecule has 1 heterocycles. The van der Waals surface area contributed by atoms with E-state index in [1.807, 2.05) is 36.1 Å². The summed E-state index contributed by atoms with van der Waals surface area (Å²) in [5.41, 5.74) is 1.72. The smallest absolute Gasteiger partial charge is 0.373 e. The van der Waals surface area contributed by atoms with Crippen LogP contribution in [0.3, 0.4) is 0 Å². The van der Waals surface area contributed by atoms with E-state index >= 15 is 0 Å². The Morgan fingerprint density at radius 2 is 1.16 bits per heavy atom. The quantitative estimate of drug-likeness (QED) is 0.0341. The molecule has 0 spiro atoms. The number of nitrogens with zero attached hydrogens (tertiary/aromatic N) is 4. The van der Waals surface area contributed by atoms with Crippen LogP contribution in [-0.2, 0) is 54.4 Å². The van der Waals surface area contributed by atoms with Gasteiger partial charge >= 0.3 is 48.0 Å². The van der Waals surface area contributed by atoms with Crippen LogP contribution in [-0.4, -0.2) is 219 Å². The molecule has 1 unspecified atom stereocenters. The predicted molar refractivity (Wildman–Crippen MR) is 273 cm³/mol. The number of aliphatic carboxylic acids is 6. The molecule has 11 N–H and O–H groups in total. The van der Waals surface area contributed by atoms with E-state index in [1.165, 1.54) is 0 Å². The minimum atomic E-state index is -1.26. The number of nitrogens with one attached hydrogen (secondary N) is 5. The topological polar surface area (TPSA) is 382 Å². The van der Waals surface area contributed by atoms with Gasteiger partial charge in [-0.05, 0) is 87.8 Å².